The lowest BCUT2D eigenvalue weighted by Gasteiger charge is -2.56. The molecule has 0 radical (unpaired) electrons. The largest absolute Gasteiger partial charge is 0.446 e. The first-order chi connectivity index (χ1) is 13.3. The van der Waals surface area contributed by atoms with Crippen LogP contribution in [0.3, 0.4) is 0 Å². The molecule has 152 valence electrons. The van der Waals surface area contributed by atoms with Gasteiger partial charge in [0, 0.05) is 18.8 Å². The van der Waals surface area contributed by atoms with Crippen LogP contribution in [0.4, 0.5) is 0 Å². The summed E-state index contributed by atoms with van der Waals surface area (Å²) in [5.41, 5.74) is 0.648. The number of esters is 1. The zero-order valence-electron chi connectivity index (χ0n) is 17.4. The minimum absolute atomic E-state index is 0.0739. The maximum Gasteiger partial charge on any atom is 0.303 e. The Morgan fingerprint density at radius 1 is 1.18 bits per heavy atom. The molecule has 4 heteroatoms. The maximum atomic E-state index is 13.0. The maximum absolute atomic E-state index is 13.0. The molecule has 0 heterocycles. The van der Waals surface area contributed by atoms with Gasteiger partial charge in [0.05, 0.1) is 0 Å². The molecule has 0 N–H and O–H groups in total. The molecule has 0 spiro atoms. The zero-order chi connectivity index (χ0) is 20.3. The van der Waals surface area contributed by atoms with Crippen LogP contribution in [0, 0.1) is 29.1 Å². The monoisotopic (exact) mass is 384 g/mol. The van der Waals surface area contributed by atoms with Crippen molar-refractivity contribution in [2.75, 3.05) is 0 Å². The van der Waals surface area contributed by atoms with E-state index in [1.54, 1.807) is 6.92 Å². The van der Waals surface area contributed by atoms with Crippen molar-refractivity contribution in [3.8, 4) is 0 Å². The number of allylic oxidation sites excluding steroid dienone is 1. The summed E-state index contributed by atoms with van der Waals surface area (Å²) in [6.45, 7) is 9.38. The number of fused-ring (bicyclic) bond motifs is 5. The number of ether oxygens (including phenoxy) is 1. The highest BCUT2D eigenvalue weighted by molar-refractivity contribution is 5.93. The Kier molecular flexibility index (Phi) is 4.67. The van der Waals surface area contributed by atoms with Gasteiger partial charge in [0.25, 0.3) is 0 Å². The summed E-state index contributed by atoms with van der Waals surface area (Å²) in [6.07, 6.45) is 9.12. The summed E-state index contributed by atoms with van der Waals surface area (Å²) < 4.78 is 5.89. The Morgan fingerprint density at radius 2 is 1.93 bits per heavy atom. The van der Waals surface area contributed by atoms with Gasteiger partial charge in [0.2, 0.25) is 0 Å². The predicted octanol–water partition coefficient (Wildman–Crippen LogP) is 4.58. The molecule has 28 heavy (non-hydrogen) atoms. The average Bonchev–Trinajstić information content (AvgIpc) is 2.90. The Morgan fingerprint density at radius 3 is 2.57 bits per heavy atom. The van der Waals surface area contributed by atoms with Gasteiger partial charge >= 0.3 is 5.97 Å². The van der Waals surface area contributed by atoms with Gasteiger partial charge in [-0.3, -0.25) is 14.4 Å². The van der Waals surface area contributed by atoms with Crippen molar-refractivity contribution < 1.29 is 19.1 Å². The molecule has 6 atom stereocenters. The van der Waals surface area contributed by atoms with Crippen molar-refractivity contribution >= 4 is 17.5 Å². The fraction of sp³-hybridized carbons (Fsp3) is 0.708. The first kappa shape index (κ1) is 19.6. The number of ketones is 2. The zero-order valence-corrected chi connectivity index (χ0v) is 17.4. The Balaban J connectivity index is 1.75. The van der Waals surface area contributed by atoms with E-state index >= 15 is 0 Å². The van der Waals surface area contributed by atoms with Gasteiger partial charge < -0.3 is 4.74 Å². The van der Waals surface area contributed by atoms with Crippen molar-refractivity contribution in [3.05, 3.63) is 23.8 Å². The molecule has 4 nitrogen and oxygen atoms in total. The Hall–Kier alpha value is -1.71. The topological polar surface area (TPSA) is 60.4 Å². The minimum atomic E-state index is -1.16. The highest BCUT2D eigenvalue weighted by atomic mass is 16.6. The van der Waals surface area contributed by atoms with E-state index in [1.807, 2.05) is 6.08 Å². The van der Waals surface area contributed by atoms with Crippen LogP contribution in [0.5, 0.6) is 0 Å². The summed E-state index contributed by atoms with van der Waals surface area (Å²) in [6, 6.07) is 0. The predicted molar refractivity (Wildman–Crippen MR) is 106 cm³/mol. The van der Waals surface area contributed by atoms with E-state index < -0.39 is 11.6 Å². The molecule has 4 aliphatic carbocycles. The molecule has 0 aromatic carbocycles. The molecule has 3 saturated carbocycles. The average molecular weight is 385 g/mol. The lowest BCUT2D eigenvalue weighted by atomic mass is 9.49. The number of hydrogen-bond donors (Lipinski definition) is 0. The Bertz CT molecular complexity index is 777. The molecule has 4 aliphatic rings. The van der Waals surface area contributed by atoms with Gasteiger partial charge in [-0.05, 0) is 87.2 Å². The van der Waals surface area contributed by atoms with Crippen LogP contribution in [0.2, 0.25) is 0 Å². The smallest absolute Gasteiger partial charge is 0.303 e. The van der Waals surface area contributed by atoms with Crippen LogP contribution in [0.25, 0.3) is 0 Å². The molecule has 0 aromatic rings. The summed E-state index contributed by atoms with van der Waals surface area (Å²) in [4.78, 5) is 36.9. The molecule has 3 fully saturated rings. The summed E-state index contributed by atoms with van der Waals surface area (Å²) in [7, 11) is 0. The number of carbonyl (C=O) groups excluding carboxylic acids is 3. The second-order valence-corrected chi connectivity index (χ2v) is 9.49. The second-order valence-electron chi connectivity index (χ2n) is 9.49. The normalized spacial score (nSPS) is 42.2. The molecule has 4 rings (SSSR count). The van der Waals surface area contributed by atoms with Crippen LogP contribution < -0.4 is 0 Å². The molecule has 0 aromatic heterocycles. The fourth-order valence-electron chi connectivity index (χ4n) is 7.69. The molecule has 0 bridgehead atoms. The van der Waals surface area contributed by atoms with E-state index in [1.165, 1.54) is 12.5 Å². The lowest BCUT2D eigenvalue weighted by Crippen LogP contribution is -2.59. The van der Waals surface area contributed by atoms with E-state index in [2.05, 4.69) is 13.5 Å². The van der Waals surface area contributed by atoms with E-state index in [-0.39, 0.29) is 17.0 Å². The standard InChI is InChI=1S/C24H32O4/c1-5-23-11-10-20-19-9-7-18(27)13-17(19)6-8-21(20)22(23)12-14(2)24(23,15(3)25)28-16(4)26/h13,19-22H,2,5-12H2,1,3-4H3/t19-,20+,21+,22-,23-,24+/m0/s1. The number of hydrogen-bond acceptors (Lipinski definition) is 4. The van der Waals surface area contributed by atoms with E-state index in [0.717, 1.165) is 50.5 Å². The van der Waals surface area contributed by atoms with Crippen LogP contribution >= 0.6 is 0 Å². The summed E-state index contributed by atoms with van der Waals surface area (Å²) in [5.74, 6) is 1.74. The van der Waals surface area contributed by atoms with Crippen molar-refractivity contribution in [1.29, 1.82) is 0 Å². The highest BCUT2D eigenvalue weighted by Crippen LogP contribution is 2.68. The van der Waals surface area contributed by atoms with Gasteiger partial charge in [-0.1, -0.05) is 19.1 Å². The van der Waals surface area contributed by atoms with Crippen LogP contribution in [0.1, 0.15) is 72.1 Å². The van der Waals surface area contributed by atoms with Gasteiger partial charge in [0.15, 0.2) is 17.2 Å². The van der Waals surface area contributed by atoms with Gasteiger partial charge in [0.1, 0.15) is 0 Å². The summed E-state index contributed by atoms with van der Waals surface area (Å²) >= 11 is 0. The van der Waals surface area contributed by atoms with Crippen LogP contribution in [-0.4, -0.2) is 23.1 Å². The molecular formula is C24H32O4. The first-order valence-electron chi connectivity index (χ1n) is 10.9. The third-order valence-corrected chi connectivity index (χ3v) is 8.60. The quantitative estimate of drug-likeness (QED) is 0.528. The van der Waals surface area contributed by atoms with Gasteiger partial charge in [-0.2, -0.15) is 0 Å². The minimum Gasteiger partial charge on any atom is -0.446 e. The van der Waals surface area contributed by atoms with Gasteiger partial charge in [-0.15, -0.1) is 0 Å². The molecule has 0 amide bonds. The molecular weight excluding hydrogens is 352 g/mol. The third-order valence-electron chi connectivity index (χ3n) is 8.60. The first-order valence-corrected chi connectivity index (χ1v) is 10.9. The third kappa shape index (κ3) is 2.45. The molecule has 0 unspecified atom stereocenters. The van der Waals surface area contributed by atoms with Gasteiger partial charge in [-0.25, -0.2) is 0 Å². The number of rotatable bonds is 3. The van der Waals surface area contributed by atoms with Crippen molar-refractivity contribution in [1.82, 2.24) is 0 Å². The summed E-state index contributed by atoms with van der Waals surface area (Å²) in [5, 5.41) is 0. The van der Waals surface area contributed by atoms with E-state index in [0.29, 0.717) is 30.1 Å². The SMILES string of the molecule is C=C1C[C@H]2[C@@H]3CCC4=CC(=O)CC[C@@H]4[C@H]3CC[C@]2(CC)[C@]1(OC(C)=O)C(C)=O. The van der Waals surface area contributed by atoms with Crippen LogP contribution in [0.15, 0.2) is 23.8 Å². The van der Waals surface area contributed by atoms with Crippen molar-refractivity contribution in [2.45, 2.75) is 77.7 Å². The van der Waals surface area contributed by atoms with Crippen molar-refractivity contribution in [3.63, 3.8) is 0 Å². The van der Waals surface area contributed by atoms with Crippen LogP contribution in [-0.2, 0) is 19.1 Å². The highest BCUT2D eigenvalue weighted by Gasteiger charge is 2.69. The van der Waals surface area contributed by atoms with E-state index in [4.69, 9.17) is 4.74 Å². The second kappa shape index (κ2) is 6.67. The molecule has 0 aliphatic heterocycles. The Labute approximate surface area is 167 Å². The molecule has 0 saturated heterocycles. The number of carbonyl (C=O) groups is 3. The fourth-order valence-corrected chi connectivity index (χ4v) is 7.69. The number of Topliss-reactive ketones (excluding diaryl/α,β-unsaturated/α-hetero) is 1. The van der Waals surface area contributed by atoms with E-state index in [9.17, 15) is 14.4 Å². The van der Waals surface area contributed by atoms with Crippen molar-refractivity contribution in [2.24, 2.45) is 29.1 Å². The lowest BCUT2D eigenvalue weighted by molar-refractivity contribution is -0.183.